The van der Waals surface area contributed by atoms with Crippen LogP contribution in [0.2, 0.25) is 0 Å². The molecule has 0 fully saturated rings. The van der Waals surface area contributed by atoms with Crippen molar-refractivity contribution >= 4 is 28.1 Å². The van der Waals surface area contributed by atoms with Gasteiger partial charge in [-0.3, -0.25) is 0 Å². The Morgan fingerprint density at radius 2 is 1.94 bits per heavy atom. The zero-order valence-corrected chi connectivity index (χ0v) is 8.18. The molecule has 0 unspecified atom stereocenters. The highest BCUT2D eigenvalue weighted by atomic mass is 16.6. The smallest absolute Gasteiger partial charge is 0.390 e. The Bertz CT molecular complexity index is 629. The van der Waals surface area contributed by atoms with Gasteiger partial charge in [0, 0.05) is 0 Å². The molecule has 0 amide bonds. The molecule has 1 heterocycles. The van der Waals surface area contributed by atoms with Crippen molar-refractivity contribution in [2.24, 2.45) is 4.99 Å². The third-order valence-corrected chi connectivity index (χ3v) is 2.53. The molecule has 3 rings (SSSR count). The summed E-state index contributed by atoms with van der Waals surface area (Å²) in [7, 11) is 0. The van der Waals surface area contributed by atoms with E-state index in [-0.39, 0.29) is 5.96 Å². The summed E-state index contributed by atoms with van der Waals surface area (Å²) in [6, 6.07) is 11.2. The number of anilines is 1. The highest BCUT2D eigenvalue weighted by Gasteiger charge is 2.22. The van der Waals surface area contributed by atoms with E-state index in [4.69, 9.17) is 0 Å². The fourth-order valence-electron chi connectivity index (χ4n) is 1.87. The maximum absolute atomic E-state index is 10.7. The maximum atomic E-state index is 10.7. The first-order valence-corrected chi connectivity index (χ1v) is 4.77. The van der Waals surface area contributed by atoms with Gasteiger partial charge in [0.15, 0.2) is 5.69 Å². The van der Waals surface area contributed by atoms with E-state index in [1.54, 1.807) is 6.07 Å². The van der Waals surface area contributed by atoms with Crippen molar-refractivity contribution in [3.05, 3.63) is 46.5 Å². The Kier molecular flexibility index (Phi) is 1.67. The molecule has 5 nitrogen and oxygen atoms in total. The predicted octanol–water partition coefficient (Wildman–Crippen LogP) is 2.53. The number of hydrogen-bond acceptors (Lipinski definition) is 4. The highest BCUT2D eigenvalue weighted by Crippen LogP contribution is 2.35. The van der Waals surface area contributed by atoms with E-state index in [1.807, 2.05) is 30.3 Å². The minimum absolute atomic E-state index is 0.230. The molecule has 0 bridgehead atoms. The number of nitro groups is 1. The number of hydrogen-bond donors (Lipinski definition) is 1. The molecular weight excluding hydrogens is 206 g/mol. The summed E-state index contributed by atoms with van der Waals surface area (Å²) in [4.78, 5) is 14.1. The molecule has 0 aliphatic carbocycles. The molecule has 5 heteroatoms. The van der Waals surface area contributed by atoms with Gasteiger partial charge in [-0.15, -0.1) is 0 Å². The monoisotopic (exact) mass is 213 g/mol. The quantitative estimate of drug-likeness (QED) is 0.540. The van der Waals surface area contributed by atoms with Crippen LogP contribution in [0.1, 0.15) is 0 Å². The topological polar surface area (TPSA) is 67.5 Å². The van der Waals surface area contributed by atoms with Crippen LogP contribution < -0.4 is 5.32 Å². The van der Waals surface area contributed by atoms with Crippen LogP contribution in [0, 0.1) is 10.1 Å². The number of rotatable bonds is 0. The van der Waals surface area contributed by atoms with E-state index in [0.29, 0.717) is 5.69 Å². The second-order valence-electron chi connectivity index (χ2n) is 3.50. The minimum atomic E-state index is -0.519. The third-order valence-electron chi connectivity index (χ3n) is 2.53. The Morgan fingerprint density at radius 1 is 1.19 bits per heavy atom. The van der Waals surface area contributed by atoms with E-state index in [0.717, 1.165) is 16.5 Å². The minimum Gasteiger partial charge on any atom is -0.390 e. The molecule has 2 aromatic rings. The van der Waals surface area contributed by atoms with E-state index in [2.05, 4.69) is 10.3 Å². The molecule has 1 aliphatic rings. The van der Waals surface area contributed by atoms with Crippen molar-refractivity contribution in [3.8, 4) is 0 Å². The second kappa shape index (κ2) is 3.03. The number of nitrogens with one attached hydrogen (secondary N) is 1. The Hall–Kier alpha value is -2.43. The molecule has 2 aromatic carbocycles. The summed E-state index contributed by atoms with van der Waals surface area (Å²) in [5.41, 5.74) is 1.37. The van der Waals surface area contributed by atoms with Gasteiger partial charge in [-0.05, 0) is 22.4 Å². The lowest BCUT2D eigenvalue weighted by Crippen LogP contribution is -2.23. The van der Waals surface area contributed by atoms with E-state index in [9.17, 15) is 10.1 Å². The standard InChI is InChI=1S/C11H7N3O2/c15-14(16)11-12-8-5-1-3-7-4-2-6-9(13-11)10(7)8/h1-6H,(H,12,13). The molecule has 1 N–H and O–H groups in total. The molecule has 0 radical (unpaired) electrons. The van der Waals surface area contributed by atoms with Crippen LogP contribution in [0.3, 0.4) is 0 Å². The van der Waals surface area contributed by atoms with Crippen LogP contribution in [-0.2, 0) is 0 Å². The molecule has 16 heavy (non-hydrogen) atoms. The first kappa shape index (κ1) is 8.84. The lowest BCUT2D eigenvalue weighted by molar-refractivity contribution is -0.350. The van der Waals surface area contributed by atoms with Gasteiger partial charge in [0.2, 0.25) is 0 Å². The van der Waals surface area contributed by atoms with Gasteiger partial charge in [0.25, 0.3) is 0 Å². The second-order valence-corrected chi connectivity index (χ2v) is 3.50. The first-order valence-electron chi connectivity index (χ1n) is 4.77. The summed E-state index contributed by atoms with van der Waals surface area (Å²) >= 11 is 0. The van der Waals surface area contributed by atoms with E-state index >= 15 is 0 Å². The maximum Gasteiger partial charge on any atom is 0.433 e. The third kappa shape index (κ3) is 1.15. The summed E-state index contributed by atoms with van der Waals surface area (Å²) in [5, 5.41) is 15.4. The highest BCUT2D eigenvalue weighted by molar-refractivity contribution is 6.11. The Labute approximate surface area is 90.6 Å². The fourth-order valence-corrected chi connectivity index (χ4v) is 1.87. The molecule has 0 atom stereocenters. The molecule has 0 aromatic heterocycles. The molecule has 1 aliphatic heterocycles. The van der Waals surface area contributed by atoms with Crippen molar-refractivity contribution in [1.29, 1.82) is 0 Å². The number of aliphatic imine (C=N–C) groups is 1. The fraction of sp³-hybridized carbons (Fsp3) is 0. The zero-order valence-electron chi connectivity index (χ0n) is 8.18. The van der Waals surface area contributed by atoms with Crippen LogP contribution in [0.4, 0.5) is 11.4 Å². The van der Waals surface area contributed by atoms with Crippen LogP contribution in [0.25, 0.3) is 10.8 Å². The van der Waals surface area contributed by atoms with Gasteiger partial charge in [0.1, 0.15) is 5.69 Å². The number of nitrogens with zero attached hydrogens (tertiary/aromatic N) is 2. The first-order chi connectivity index (χ1) is 7.75. The van der Waals surface area contributed by atoms with Gasteiger partial charge in [0.05, 0.1) is 5.39 Å². The van der Waals surface area contributed by atoms with Gasteiger partial charge >= 0.3 is 5.96 Å². The molecule has 0 saturated carbocycles. The van der Waals surface area contributed by atoms with Gasteiger partial charge in [-0.1, -0.05) is 29.3 Å². The zero-order chi connectivity index (χ0) is 11.1. The van der Waals surface area contributed by atoms with Crippen LogP contribution in [-0.4, -0.2) is 10.9 Å². The number of guanidine groups is 1. The van der Waals surface area contributed by atoms with Gasteiger partial charge < -0.3 is 10.1 Å². The summed E-state index contributed by atoms with van der Waals surface area (Å²) < 4.78 is 0. The normalized spacial score (nSPS) is 13.1. The predicted molar refractivity (Wildman–Crippen MR) is 61.7 cm³/mol. The molecule has 78 valence electrons. The summed E-state index contributed by atoms with van der Waals surface area (Å²) in [5.74, 6) is -0.230. The molecule has 0 saturated heterocycles. The van der Waals surface area contributed by atoms with Crippen molar-refractivity contribution in [1.82, 2.24) is 0 Å². The van der Waals surface area contributed by atoms with Crippen molar-refractivity contribution in [2.75, 3.05) is 5.32 Å². The van der Waals surface area contributed by atoms with E-state index in [1.165, 1.54) is 0 Å². The van der Waals surface area contributed by atoms with Gasteiger partial charge in [-0.25, -0.2) is 5.32 Å². The van der Waals surface area contributed by atoms with Crippen LogP contribution >= 0.6 is 0 Å². The van der Waals surface area contributed by atoms with Crippen LogP contribution in [0.15, 0.2) is 41.4 Å². The molecular formula is C11H7N3O2. The molecule has 0 spiro atoms. The van der Waals surface area contributed by atoms with Crippen molar-refractivity contribution in [2.45, 2.75) is 0 Å². The average molecular weight is 213 g/mol. The SMILES string of the molecule is O=[N+]([O-])C1=Nc2cccc3cccc(c23)N1. The van der Waals surface area contributed by atoms with Crippen molar-refractivity contribution < 1.29 is 4.92 Å². The van der Waals surface area contributed by atoms with Gasteiger partial charge in [-0.2, -0.15) is 0 Å². The summed E-state index contributed by atoms with van der Waals surface area (Å²) in [6.07, 6.45) is 0. The Balaban J connectivity index is 2.36. The lowest BCUT2D eigenvalue weighted by Gasteiger charge is -2.11. The van der Waals surface area contributed by atoms with Crippen molar-refractivity contribution in [3.63, 3.8) is 0 Å². The van der Waals surface area contributed by atoms with E-state index < -0.39 is 4.92 Å². The lowest BCUT2D eigenvalue weighted by atomic mass is 10.1. The average Bonchev–Trinajstić information content (AvgIpc) is 2.29. The Morgan fingerprint density at radius 3 is 2.69 bits per heavy atom. The largest absolute Gasteiger partial charge is 0.433 e. The number of benzene rings is 2. The van der Waals surface area contributed by atoms with Crippen LogP contribution in [0.5, 0.6) is 0 Å². The summed E-state index contributed by atoms with van der Waals surface area (Å²) in [6.45, 7) is 0.